The molecular formula is C11H16O4. The van der Waals surface area contributed by atoms with Gasteiger partial charge in [0, 0.05) is 5.41 Å². The lowest BCUT2D eigenvalue weighted by atomic mass is 9.84. The Labute approximate surface area is 88.9 Å². The molecule has 0 heterocycles. The molecule has 3 atom stereocenters. The molecule has 0 aromatic rings. The number of rotatable bonds is 4. The van der Waals surface area contributed by atoms with Gasteiger partial charge < -0.3 is 9.47 Å². The predicted molar refractivity (Wildman–Crippen MR) is 52.0 cm³/mol. The number of esters is 1. The molecule has 15 heavy (non-hydrogen) atoms. The fourth-order valence-corrected chi connectivity index (χ4v) is 2.96. The van der Waals surface area contributed by atoms with Crippen molar-refractivity contribution < 1.29 is 19.1 Å². The Kier molecular flexibility index (Phi) is 2.67. The van der Waals surface area contributed by atoms with E-state index in [1.165, 1.54) is 12.8 Å². The van der Waals surface area contributed by atoms with Crippen molar-refractivity contribution in [2.75, 3.05) is 6.61 Å². The normalized spacial score (nSPS) is 37.7. The van der Waals surface area contributed by atoms with Crippen LogP contribution >= 0.6 is 0 Å². The molecule has 2 fully saturated rings. The quantitative estimate of drug-likeness (QED) is 0.520. The van der Waals surface area contributed by atoms with Crippen LogP contribution in [0.5, 0.6) is 0 Å². The van der Waals surface area contributed by atoms with E-state index in [1.54, 1.807) is 0 Å². The first-order chi connectivity index (χ1) is 7.14. The molecular weight excluding hydrogens is 196 g/mol. The zero-order chi connectivity index (χ0) is 10.9. The fourth-order valence-electron chi connectivity index (χ4n) is 2.96. The molecule has 2 saturated carbocycles. The van der Waals surface area contributed by atoms with Crippen molar-refractivity contribution in [3.63, 3.8) is 0 Å². The van der Waals surface area contributed by atoms with Gasteiger partial charge in [-0.3, -0.25) is 4.79 Å². The first-order valence-electron chi connectivity index (χ1n) is 5.39. The molecule has 0 saturated heterocycles. The minimum Gasteiger partial charge on any atom is -0.459 e. The summed E-state index contributed by atoms with van der Waals surface area (Å²) in [5.74, 6) is 0.292. The van der Waals surface area contributed by atoms with Crippen LogP contribution in [0.25, 0.3) is 0 Å². The number of carbonyl (C=O) groups is 2. The maximum atomic E-state index is 11.3. The van der Waals surface area contributed by atoms with Gasteiger partial charge in [0.2, 0.25) is 0 Å². The highest BCUT2D eigenvalue weighted by atomic mass is 16.6. The minimum absolute atomic E-state index is 0.0269. The third-order valence-electron chi connectivity index (χ3n) is 3.75. The van der Waals surface area contributed by atoms with Crippen LogP contribution in [0, 0.1) is 11.3 Å². The van der Waals surface area contributed by atoms with Gasteiger partial charge in [-0.25, -0.2) is 4.79 Å². The average Bonchev–Trinajstić information content (AvgIpc) is 2.70. The van der Waals surface area contributed by atoms with Crippen molar-refractivity contribution in [1.29, 1.82) is 0 Å². The van der Waals surface area contributed by atoms with E-state index in [2.05, 4.69) is 11.7 Å². The van der Waals surface area contributed by atoms with E-state index in [1.807, 2.05) is 0 Å². The second kappa shape index (κ2) is 3.83. The predicted octanol–water partition coefficient (Wildman–Crippen LogP) is 1.28. The van der Waals surface area contributed by atoms with Gasteiger partial charge in [-0.15, -0.1) is 0 Å². The molecule has 0 radical (unpaired) electrons. The van der Waals surface area contributed by atoms with Gasteiger partial charge in [-0.1, -0.05) is 6.92 Å². The largest absolute Gasteiger partial charge is 0.459 e. The molecule has 2 rings (SSSR count). The van der Waals surface area contributed by atoms with Crippen LogP contribution in [0.4, 0.5) is 0 Å². The van der Waals surface area contributed by atoms with Gasteiger partial charge in [-0.05, 0) is 31.6 Å². The molecule has 4 nitrogen and oxygen atoms in total. The minimum atomic E-state index is -0.430. The molecule has 2 aliphatic rings. The molecule has 0 N–H and O–H groups in total. The number of fused-ring (bicyclic) bond motifs is 2. The third kappa shape index (κ3) is 1.98. The summed E-state index contributed by atoms with van der Waals surface area (Å²) >= 11 is 0. The van der Waals surface area contributed by atoms with Gasteiger partial charge in [0.25, 0.3) is 6.47 Å². The van der Waals surface area contributed by atoms with Crippen LogP contribution in [0.2, 0.25) is 0 Å². The average molecular weight is 212 g/mol. The van der Waals surface area contributed by atoms with Crippen LogP contribution in [-0.2, 0) is 19.1 Å². The van der Waals surface area contributed by atoms with Gasteiger partial charge in [-0.2, -0.15) is 0 Å². The Morgan fingerprint density at radius 2 is 2.40 bits per heavy atom. The Hall–Kier alpha value is -1.06. The van der Waals surface area contributed by atoms with Crippen molar-refractivity contribution >= 4 is 12.4 Å². The first-order valence-corrected chi connectivity index (χ1v) is 5.39. The van der Waals surface area contributed by atoms with Gasteiger partial charge in [0.1, 0.15) is 6.10 Å². The standard InChI is InChI=1S/C11H16O4/c1-11-3-2-8(5-11)4-9(11)15-10(13)6-14-7-12/h7-9H,2-6H2,1H3. The Balaban J connectivity index is 1.85. The maximum absolute atomic E-state index is 11.3. The van der Waals surface area contributed by atoms with E-state index in [9.17, 15) is 9.59 Å². The second-order valence-electron chi connectivity index (χ2n) is 4.88. The molecule has 2 aliphatic carbocycles. The summed E-state index contributed by atoms with van der Waals surface area (Å²) in [7, 11) is 0. The number of hydrogen-bond acceptors (Lipinski definition) is 4. The van der Waals surface area contributed by atoms with Crippen LogP contribution < -0.4 is 0 Å². The lowest BCUT2D eigenvalue weighted by Gasteiger charge is -2.30. The summed E-state index contributed by atoms with van der Waals surface area (Å²) in [6.07, 6.45) is 4.57. The molecule has 0 aromatic heterocycles. The SMILES string of the molecule is CC12CCC(CC1OC(=O)COC=O)C2. The lowest BCUT2D eigenvalue weighted by molar-refractivity contribution is -0.162. The molecule has 2 bridgehead atoms. The molecule has 0 amide bonds. The highest BCUT2D eigenvalue weighted by molar-refractivity contribution is 5.72. The molecule has 0 aromatic carbocycles. The van der Waals surface area contributed by atoms with Crippen LogP contribution in [0.15, 0.2) is 0 Å². The van der Waals surface area contributed by atoms with E-state index in [0.717, 1.165) is 18.8 Å². The maximum Gasteiger partial charge on any atom is 0.344 e. The molecule has 84 valence electrons. The first kappa shape index (κ1) is 10.5. The topological polar surface area (TPSA) is 52.6 Å². The van der Waals surface area contributed by atoms with Crippen molar-refractivity contribution in [3.8, 4) is 0 Å². The van der Waals surface area contributed by atoms with Gasteiger partial charge in [0.05, 0.1) is 0 Å². The molecule has 3 unspecified atom stereocenters. The van der Waals surface area contributed by atoms with Crippen molar-refractivity contribution in [2.45, 2.75) is 38.7 Å². The van der Waals surface area contributed by atoms with Crippen molar-refractivity contribution in [3.05, 3.63) is 0 Å². The summed E-state index contributed by atoms with van der Waals surface area (Å²) in [4.78, 5) is 21.2. The number of hydrogen-bond donors (Lipinski definition) is 0. The third-order valence-corrected chi connectivity index (χ3v) is 3.75. The van der Waals surface area contributed by atoms with Crippen molar-refractivity contribution in [1.82, 2.24) is 0 Å². The highest BCUT2D eigenvalue weighted by Crippen LogP contribution is 2.54. The van der Waals surface area contributed by atoms with Crippen LogP contribution in [0.3, 0.4) is 0 Å². The van der Waals surface area contributed by atoms with Gasteiger partial charge >= 0.3 is 5.97 Å². The second-order valence-corrected chi connectivity index (χ2v) is 4.88. The fraction of sp³-hybridized carbons (Fsp3) is 0.818. The Bertz CT molecular complexity index is 276. The zero-order valence-corrected chi connectivity index (χ0v) is 8.90. The Morgan fingerprint density at radius 1 is 1.60 bits per heavy atom. The zero-order valence-electron chi connectivity index (χ0n) is 8.90. The van der Waals surface area contributed by atoms with Gasteiger partial charge in [0.15, 0.2) is 6.61 Å². The van der Waals surface area contributed by atoms with E-state index in [4.69, 9.17) is 4.74 Å². The monoisotopic (exact) mass is 212 g/mol. The lowest BCUT2D eigenvalue weighted by Crippen LogP contribution is -2.33. The molecule has 0 aliphatic heterocycles. The van der Waals surface area contributed by atoms with Crippen LogP contribution in [0.1, 0.15) is 32.6 Å². The molecule has 4 heteroatoms. The smallest absolute Gasteiger partial charge is 0.344 e. The number of ether oxygens (including phenoxy) is 2. The van der Waals surface area contributed by atoms with Crippen molar-refractivity contribution in [2.24, 2.45) is 11.3 Å². The Morgan fingerprint density at radius 3 is 2.93 bits per heavy atom. The highest BCUT2D eigenvalue weighted by Gasteiger charge is 2.50. The summed E-state index contributed by atoms with van der Waals surface area (Å²) in [6, 6.07) is 0. The number of carbonyl (C=O) groups excluding carboxylic acids is 2. The summed E-state index contributed by atoms with van der Waals surface area (Å²) in [6.45, 7) is 2.18. The summed E-state index contributed by atoms with van der Waals surface area (Å²) in [5.41, 5.74) is 0.168. The van der Waals surface area contributed by atoms with E-state index >= 15 is 0 Å². The van der Waals surface area contributed by atoms with Crippen LogP contribution in [-0.4, -0.2) is 25.2 Å². The summed E-state index contributed by atoms with van der Waals surface area (Å²) < 4.78 is 9.69. The molecule has 0 spiro atoms. The van der Waals surface area contributed by atoms with E-state index < -0.39 is 5.97 Å². The van der Waals surface area contributed by atoms with E-state index in [0.29, 0.717) is 0 Å². The summed E-state index contributed by atoms with van der Waals surface area (Å²) in [5, 5.41) is 0. The van der Waals surface area contributed by atoms with E-state index in [-0.39, 0.29) is 24.6 Å².